The predicted molar refractivity (Wildman–Crippen MR) is 69.0 cm³/mol. The van der Waals surface area contributed by atoms with Crippen molar-refractivity contribution in [2.45, 2.75) is 24.8 Å². The van der Waals surface area contributed by atoms with Gasteiger partial charge in [0.05, 0.1) is 10.9 Å². The minimum atomic E-state index is -3.76. The quantitative estimate of drug-likeness (QED) is 0.846. The maximum atomic E-state index is 11.7. The highest BCUT2D eigenvalue weighted by Crippen LogP contribution is 2.33. The van der Waals surface area contributed by atoms with Gasteiger partial charge in [-0.25, -0.2) is 13.6 Å². The largest absolute Gasteiger partial charge is 0.491 e. The minimum Gasteiger partial charge on any atom is -0.491 e. The highest BCUT2D eigenvalue weighted by molar-refractivity contribution is 7.89. The molecule has 1 aliphatic heterocycles. The molecule has 1 aromatic carbocycles. The molecule has 0 radical (unpaired) electrons. The zero-order chi connectivity index (χ0) is 14.2. The predicted octanol–water partition coefficient (Wildman–Crippen LogP) is 0.540. The molecular formula is C12H16N2O4S. The van der Waals surface area contributed by atoms with E-state index >= 15 is 0 Å². The van der Waals surface area contributed by atoms with Crippen LogP contribution in [0.25, 0.3) is 0 Å². The van der Waals surface area contributed by atoms with Gasteiger partial charge in [-0.2, -0.15) is 0 Å². The number of benzene rings is 1. The Morgan fingerprint density at radius 3 is 2.74 bits per heavy atom. The van der Waals surface area contributed by atoms with Gasteiger partial charge in [-0.15, -0.1) is 0 Å². The second kappa shape index (κ2) is 4.82. The van der Waals surface area contributed by atoms with Gasteiger partial charge in [-0.3, -0.25) is 4.79 Å². The van der Waals surface area contributed by atoms with Crippen molar-refractivity contribution in [1.29, 1.82) is 0 Å². The van der Waals surface area contributed by atoms with Crippen LogP contribution in [0.1, 0.15) is 25.5 Å². The number of primary sulfonamides is 1. The van der Waals surface area contributed by atoms with E-state index < -0.39 is 10.0 Å². The fraction of sp³-hybridized carbons (Fsp3) is 0.417. The first-order valence-electron chi connectivity index (χ1n) is 5.89. The third-order valence-corrected chi connectivity index (χ3v) is 3.84. The van der Waals surface area contributed by atoms with E-state index in [1.165, 1.54) is 12.1 Å². The summed E-state index contributed by atoms with van der Waals surface area (Å²) in [6, 6.07) is 4.05. The van der Waals surface area contributed by atoms with E-state index in [0.29, 0.717) is 17.9 Å². The second-order valence-corrected chi connectivity index (χ2v) is 6.33. The Labute approximate surface area is 112 Å². The summed E-state index contributed by atoms with van der Waals surface area (Å²) in [5.41, 5.74) is 0.639. The number of sulfonamides is 1. The van der Waals surface area contributed by atoms with Gasteiger partial charge in [-0.05, 0) is 18.2 Å². The van der Waals surface area contributed by atoms with Crippen molar-refractivity contribution in [1.82, 2.24) is 5.32 Å². The number of rotatable bonds is 3. The van der Waals surface area contributed by atoms with Crippen LogP contribution in [0.2, 0.25) is 0 Å². The van der Waals surface area contributed by atoms with Crippen molar-refractivity contribution >= 4 is 15.9 Å². The minimum absolute atomic E-state index is 0.0144. The molecule has 3 N–H and O–H groups in total. The summed E-state index contributed by atoms with van der Waals surface area (Å²) in [6.45, 7) is 3.86. The van der Waals surface area contributed by atoms with E-state index in [1.807, 2.05) is 0 Å². The zero-order valence-corrected chi connectivity index (χ0v) is 11.5. The lowest BCUT2D eigenvalue weighted by molar-refractivity contribution is -0.124. The van der Waals surface area contributed by atoms with Crippen molar-refractivity contribution in [3.63, 3.8) is 0 Å². The first-order valence-corrected chi connectivity index (χ1v) is 7.43. The summed E-state index contributed by atoms with van der Waals surface area (Å²) < 4.78 is 28.0. The Hall–Kier alpha value is -1.60. The van der Waals surface area contributed by atoms with E-state index in [-0.39, 0.29) is 22.8 Å². The molecule has 1 heterocycles. The molecule has 0 aliphatic carbocycles. The molecule has 1 atom stereocenters. The average molecular weight is 284 g/mol. The van der Waals surface area contributed by atoms with E-state index in [0.717, 1.165) is 0 Å². The van der Waals surface area contributed by atoms with Crippen LogP contribution < -0.4 is 15.2 Å². The lowest BCUT2D eigenvalue weighted by Gasteiger charge is -2.14. The summed E-state index contributed by atoms with van der Waals surface area (Å²) in [4.78, 5) is 11.7. The van der Waals surface area contributed by atoms with Gasteiger partial charge < -0.3 is 10.1 Å². The number of hydrogen-bond donors (Lipinski definition) is 2. The van der Waals surface area contributed by atoms with E-state index in [1.54, 1.807) is 19.9 Å². The van der Waals surface area contributed by atoms with Crippen LogP contribution in [0.15, 0.2) is 23.1 Å². The van der Waals surface area contributed by atoms with Gasteiger partial charge in [0.25, 0.3) is 0 Å². The molecule has 0 saturated heterocycles. The van der Waals surface area contributed by atoms with Crippen molar-refractivity contribution in [2.75, 3.05) is 6.61 Å². The third-order valence-electron chi connectivity index (χ3n) is 2.93. The average Bonchev–Trinajstić information content (AvgIpc) is 2.70. The molecule has 0 spiro atoms. The van der Waals surface area contributed by atoms with Gasteiger partial charge in [0.2, 0.25) is 15.9 Å². The van der Waals surface area contributed by atoms with Crippen LogP contribution in [-0.2, 0) is 14.8 Å². The first-order chi connectivity index (χ1) is 8.79. The van der Waals surface area contributed by atoms with Crippen LogP contribution in [0.3, 0.4) is 0 Å². The number of carbonyl (C=O) groups excluding carboxylic acids is 1. The van der Waals surface area contributed by atoms with Crippen LogP contribution in [0.5, 0.6) is 5.75 Å². The molecule has 104 valence electrons. The summed E-state index contributed by atoms with van der Waals surface area (Å²) >= 11 is 0. The smallest absolute Gasteiger partial charge is 0.238 e. The first kappa shape index (κ1) is 13.8. The topological polar surface area (TPSA) is 98.5 Å². The molecule has 1 aliphatic rings. The summed E-state index contributed by atoms with van der Waals surface area (Å²) in [6.07, 6.45) is 0. The molecule has 1 amide bonds. The number of amides is 1. The zero-order valence-electron chi connectivity index (χ0n) is 10.7. The lowest BCUT2D eigenvalue weighted by Crippen LogP contribution is -2.32. The Kier molecular flexibility index (Phi) is 3.51. The lowest BCUT2D eigenvalue weighted by atomic mass is 10.1. The maximum absolute atomic E-state index is 11.7. The number of hydrogen-bond acceptors (Lipinski definition) is 4. The Morgan fingerprint density at radius 1 is 1.47 bits per heavy atom. The standard InChI is InChI=1S/C12H16N2O4S/c1-7(2)12(15)14-10-6-18-11-4-3-8(5-9(10)11)19(13,16)17/h3-5,7,10H,6H2,1-2H3,(H,14,15)(H2,13,16,17). The van der Waals surface area contributed by atoms with Gasteiger partial charge >= 0.3 is 0 Å². The molecule has 2 rings (SSSR count). The number of nitrogens with two attached hydrogens (primary N) is 1. The second-order valence-electron chi connectivity index (χ2n) is 4.77. The molecule has 0 fully saturated rings. The number of ether oxygens (including phenoxy) is 1. The van der Waals surface area contributed by atoms with Gasteiger partial charge in [0.15, 0.2) is 0 Å². The third kappa shape index (κ3) is 2.87. The van der Waals surface area contributed by atoms with Crippen LogP contribution in [0, 0.1) is 5.92 Å². The van der Waals surface area contributed by atoms with E-state index in [4.69, 9.17) is 9.88 Å². The number of fused-ring (bicyclic) bond motifs is 1. The summed E-state index contributed by atoms with van der Waals surface area (Å²) in [5, 5.41) is 7.90. The maximum Gasteiger partial charge on any atom is 0.238 e. The normalized spacial score (nSPS) is 18.0. The fourth-order valence-electron chi connectivity index (χ4n) is 1.83. The number of carbonyl (C=O) groups is 1. The molecule has 7 heteroatoms. The van der Waals surface area contributed by atoms with Crippen molar-refractivity contribution < 1.29 is 17.9 Å². The van der Waals surface area contributed by atoms with Crippen molar-refractivity contribution in [3.05, 3.63) is 23.8 Å². The highest BCUT2D eigenvalue weighted by Gasteiger charge is 2.27. The van der Waals surface area contributed by atoms with Crippen molar-refractivity contribution in [2.24, 2.45) is 11.1 Å². The van der Waals surface area contributed by atoms with E-state index in [2.05, 4.69) is 5.32 Å². The Bertz CT molecular complexity index is 610. The molecule has 1 aromatic rings. The van der Waals surface area contributed by atoms with Crippen molar-refractivity contribution in [3.8, 4) is 5.75 Å². The summed E-state index contributed by atoms with van der Waals surface area (Å²) in [5.74, 6) is 0.314. The summed E-state index contributed by atoms with van der Waals surface area (Å²) in [7, 11) is -3.76. The van der Waals surface area contributed by atoms with Gasteiger partial charge in [0, 0.05) is 11.5 Å². The molecule has 1 unspecified atom stereocenters. The van der Waals surface area contributed by atoms with E-state index in [9.17, 15) is 13.2 Å². The molecule has 0 saturated carbocycles. The van der Waals surface area contributed by atoms with Crippen LogP contribution in [0.4, 0.5) is 0 Å². The molecule has 6 nitrogen and oxygen atoms in total. The van der Waals surface area contributed by atoms with Gasteiger partial charge in [-0.1, -0.05) is 13.8 Å². The van der Waals surface area contributed by atoms with Gasteiger partial charge in [0.1, 0.15) is 12.4 Å². The monoisotopic (exact) mass is 284 g/mol. The van der Waals surface area contributed by atoms with Crippen LogP contribution >= 0.6 is 0 Å². The Morgan fingerprint density at radius 2 is 2.16 bits per heavy atom. The SMILES string of the molecule is CC(C)C(=O)NC1COc2ccc(S(N)(=O)=O)cc21. The Balaban J connectivity index is 2.30. The van der Waals surface area contributed by atoms with Crippen LogP contribution in [-0.4, -0.2) is 20.9 Å². The molecule has 0 aromatic heterocycles. The fourth-order valence-corrected chi connectivity index (χ4v) is 2.38. The molecule has 0 bridgehead atoms. The molecule has 19 heavy (non-hydrogen) atoms. The highest BCUT2D eigenvalue weighted by atomic mass is 32.2. The molecular weight excluding hydrogens is 268 g/mol. The number of nitrogens with one attached hydrogen (secondary N) is 1.